The van der Waals surface area contributed by atoms with Crippen LogP contribution in [0.15, 0.2) is 30.3 Å². The standard InChI is InChI=1S/C16H24N2O2S/c1-21-11-5-8-17-16(19)18-9-10-20-15(13-18)12-14-6-3-2-4-7-14/h2-4,6-7,15H,5,8-13H2,1H3,(H,17,19)/t15-/m1/s1. The minimum Gasteiger partial charge on any atom is -0.374 e. The molecule has 0 spiro atoms. The molecule has 1 aromatic carbocycles. The van der Waals surface area contributed by atoms with Gasteiger partial charge in [0.2, 0.25) is 0 Å². The summed E-state index contributed by atoms with van der Waals surface area (Å²) in [6, 6.07) is 10.3. The summed E-state index contributed by atoms with van der Waals surface area (Å²) < 4.78 is 5.78. The van der Waals surface area contributed by atoms with E-state index >= 15 is 0 Å². The van der Waals surface area contributed by atoms with Crippen molar-refractivity contribution in [3.05, 3.63) is 35.9 Å². The van der Waals surface area contributed by atoms with Crippen molar-refractivity contribution in [3.8, 4) is 0 Å². The number of benzene rings is 1. The monoisotopic (exact) mass is 308 g/mol. The van der Waals surface area contributed by atoms with Crippen LogP contribution in [0.1, 0.15) is 12.0 Å². The Hall–Kier alpha value is -1.20. The summed E-state index contributed by atoms with van der Waals surface area (Å²) in [6.07, 6.45) is 4.05. The maximum absolute atomic E-state index is 12.1. The van der Waals surface area contributed by atoms with Gasteiger partial charge in [0, 0.05) is 26.1 Å². The maximum atomic E-state index is 12.1. The third-order valence-electron chi connectivity index (χ3n) is 3.53. The first-order valence-electron chi connectivity index (χ1n) is 7.47. The molecular weight excluding hydrogens is 284 g/mol. The molecule has 4 nitrogen and oxygen atoms in total. The molecule has 1 fully saturated rings. The molecule has 0 bridgehead atoms. The van der Waals surface area contributed by atoms with Crippen molar-refractivity contribution in [3.63, 3.8) is 0 Å². The van der Waals surface area contributed by atoms with E-state index in [1.54, 1.807) is 11.8 Å². The first-order valence-corrected chi connectivity index (χ1v) is 8.86. The van der Waals surface area contributed by atoms with Gasteiger partial charge in [-0.05, 0) is 24.0 Å². The van der Waals surface area contributed by atoms with Crippen molar-refractivity contribution in [1.82, 2.24) is 10.2 Å². The number of amides is 2. The van der Waals surface area contributed by atoms with Gasteiger partial charge in [-0.15, -0.1) is 0 Å². The summed E-state index contributed by atoms with van der Waals surface area (Å²) >= 11 is 1.81. The number of carbonyl (C=O) groups excluding carboxylic acids is 1. The van der Waals surface area contributed by atoms with E-state index < -0.39 is 0 Å². The Morgan fingerprint density at radius 1 is 1.43 bits per heavy atom. The predicted molar refractivity (Wildman–Crippen MR) is 87.9 cm³/mol. The Morgan fingerprint density at radius 3 is 3.00 bits per heavy atom. The fraction of sp³-hybridized carbons (Fsp3) is 0.562. The number of urea groups is 1. The van der Waals surface area contributed by atoms with Crippen LogP contribution < -0.4 is 5.32 Å². The smallest absolute Gasteiger partial charge is 0.317 e. The van der Waals surface area contributed by atoms with Crippen LogP contribution in [-0.4, -0.2) is 55.3 Å². The van der Waals surface area contributed by atoms with Crippen molar-refractivity contribution < 1.29 is 9.53 Å². The van der Waals surface area contributed by atoms with E-state index in [9.17, 15) is 4.79 Å². The quantitative estimate of drug-likeness (QED) is 0.821. The highest BCUT2D eigenvalue weighted by Crippen LogP contribution is 2.11. The van der Waals surface area contributed by atoms with E-state index in [0.29, 0.717) is 19.7 Å². The second-order valence-corrected chi connectivity index (χ2v) is 6.19. The van der Waals surface area contributed by atoms with E-state index in [1.807, 2.05) is 23.1 Å². The Kier molecular flexibility index (Phi) is 6.89. The number of hydrogen-bond acceptors (Lipinski definition) is 3. The first-order chi connectivity index (χ1) is 10.3. The van der Waals surface area contributed by atoms with Gasteiger partial charge in [0.25, 0.3) is 0 Å². The molecule has 1 aliphatic heterocycles. The van der Waals surface area contributed by atoms with Crippen LogP contribution >= 0.6 is 11.8 Å². The van der Waals surface area contributed by atoms with Gasteiger partial charge in [-0.25, -0.2) is 4.79 Å². The average Bonchev–Trinajstić information content (AvgIpc) is 2.53. The molecule has 2 amide bonds. The van der Waals surface area contributed by atoms with Crippen LogP contribution in [0.2, 0.25) is 0 Å². The van der Waals surface area contributed by atoms with E-state index in [2.05, 4.69) is 23.7 Å². The minimum absolute atomic E-state index is 0.0393. The highest BCUT2D eigenvalue weighted by atomic mass is 32.2. The lowest BCUT2D eigenvalue weighted by Crippen LogP contribution is -2.50. The first kappa shape index (κ1) is 16.2. The van der Waals surface area contributed by atoms with E-state index in [-0.39, 0.29) is 12.1 Å². The number of nitrogens with zero attached hydrogens (tertiary/aromatic N) is 1. The van der Waals surface area contributed by atoms with Crippen molar-refractivity contribution in [2.45, 2.75) is 18.9 Å². The van der Waals surface area contributed by atoms with Crippen LogP contribution in [0, 0.1) is 0 Å². The second-order valence-electron chi connectivity index (χ2n) is 5.21. The molecule has 1 saturated heterocycles. The second kappa shape index (κ2) is 8.95. The molecule has 0 radical (unpaired) electrons. The molecule has 5 heteroatoms. The van der Waals surface area contributed by atoms with Crippen molar-refractivity contribution >= 4 is 17.8 Å². The molecule has 1 N–H and O–H groups in total. The highest BCUT2D eigenvalue weighted by Gasteiger charge is 2.24. The van der Waals surface area contributed by atoms with Gasteiger partial charge in [-0.3, -0.25) is 0 Å². The molecule has 116 valence electrons. The summed E-state index contributed by atoms with van der Waals surface area (Å²) in [6.45, 7) is 2.72. The van der Waals surface area contributed by atoms with Gasteiger partial charge >= 0.3 is 6.03 Å². The van der Waals surface area contributed by atoms with E-state index in [0.717, 1.165) is 25.1 Å². The molecule has 0 aliphatic carbocycles. The number of rotatable bonds is 6. The van der Waals surface area contributed by atoms with Crippen LogP contribution in [-0.2, 0) is 11.2 Å². The van der Waals surface area contributed by atoms with Gasteiger partial charge in [0.15, 0.2) is 0 Å². The van der Waals surface area contributed by atoms with Gasteiger partial charge in [-0.1, -0.05) is 30.3 Å². The molecule has 1 heterocycles. The van der Waals surface area contributed by atoms with Gasteiger partial charge in [-0.2, -0.15) is 11.8 Å². The normalized spacial score (nSPS) is 18.5. The zero-order valence-corrected chi connectivity index (χ0v) is 13.4. The number of thioether (sulfide) groups is 1. The summed E-state index contributed by atoms with van der Waals surface area (Å²) in [4.78, 5) is 14.0. The van der Waals surface area contributed by atoms with Gasteiger partial charge in [0.05, 0.1) is 12.7 Å². The van der Waals surface area contributed by atoms with Crippen LogP contribution in [0.4, 0.5) is 4.79 Å². The van der Waals surface area contributed by atoms with Crippen molar-refractivity contribution in [2.75, 3.05) is 38.2 Å². The fourth-order valence-electron chi connectivity index (χ4n) is 2.43. The van der Waals surface area contributed by atoms with Gasteiger partial charge < -0.3 is 15.0 Å². The number of nitrogens with one attached hydrogen (secondary N) is 1. The molecule has 1 aromatic rings. The summed E-state index contributed by atoms with van der Waals surface area (Å²) in [5, 5.41) is 2.99. The molecule has 0 saturated carbocycles. The van der Waals surface area contributed by atoms with Crippen LogP contribution in [0.25, 0.3) is 0 Å². The van der Waals surface area contributed by atoms with E-state index in [1.165, 1.54) is 5.56 Å². The SMILES string of the molecule is CSCCCNC(=O)N1CCO[C@H](Cc2ccccc2)C1. The number of carbonyl (C=O) groups is 1. The molecule has 2 rings (SSSR count). The topological polar surface area (TPSA) is 41.6 Å². The molecule has 1 atom stereocenters. The third-order valence-corrected chi connectivity index (χ3v) is 4.23. The Balaban J connectivity index is 1.76. The lowest BCUT2D eigenvalue weighted by Gasteiger charge is -2.33. The minimum atomic E-state index is 0.0393. The number of morpholine rings is 1. The Labute approximate surface area is 131 Å². The predicted octanol–water partition coefficient (Wildman–Crippen LogP) is 2.39. The summed E-state index contributed by atoms with van der Waals surface area (Å²) in [5.41, 5.74) is 1.25. The largest absolute Gasteiger partial charge is 0.374 e. The van der Waals surface area contributed by atoms with Crippen molar-refractivity contribution in [1.29, 1.82) is 0 Å². The lowest BCUT2D eigenvalue weighted by atomic mass is 10.1. The van der Waals surface area contributed by atoms with E-state index in [4.69, 9.17) is 4.74 Å². The maximum Gasteiger partial charge on any atom is 0.317 e. The molecule has 21 heavy (non-hydrogen) atoms. The van der Waals surface area contributed by atoms with Gasteiger partial charge in [0.1, 0.15) is 0 Å². The van der Waals surface area contributed by atoms with Crippen LogP contribution in [0.5, 0.6) is 0 Å². The van der Waals surface area contributed by atoms with Crippen molar-refractivity contribution in [2.24, 2.45) is 0 Å². The summed E-state index contributed by atoms with van der Waals surface area (Å²) in [7, 11) is 0. The molecule has 1 aliphatic rings. The fourth-order valence-corrected chi connectivity index (χ4v) is 2.86. The third kappa shape index (κ3) is 5.59. The Morgan fingerprint density at radius 2 is 2.24 bits per heavy atom. The Bertz CT molecular complexity index is 428. The molecular formula is C16H24N2O2S. The van der Waals surface area contributed by atoms with Crippen LogP contribution in [0.3, 0.4) is 0 Å². The number of hydrogen-bond donors (Lipinski definition) is 1. The molecule has 0 aromatic heterocycles. The lowest BCUT2D eigenvalue weighted by molar-refractivity contribution is -0.0132. The average molecular weight is 308 g/mol. The zero-order chi connectivity index (χ0) is 14.9. The number of ether oxygens (including phenoxy) is 1. The molecule has 0 unspecified atom stereocenters. The highest BCUT2D eigenvalue weighted by molar-refractivity contribution is 7.98. The summed E-state index contributed by atoms with van der Waals surface area (Å²) in [5.74, 6) is 1.08. The zero-order valence-electron chi connectivity index (χ0n) is 12.6.